The van der Waals surface area contributed by atoms with E-state index in [-0.39, 0.29) is 0 Å². The second-order valence-electron chi connectivity index (χ2n) is 4.46. The third kappa shape index (κ3) is 1.61. The van der Waals surface area contributed by atoms with Crippen molar-refractivity contribution < 1.29 is 4.42 Å². The predicted molar refractivity (Wildman–Crippen MR) is 75.8 cm³/mol. The van der Waals surface area contributed by atoms with Crippen LogP contribution < -0.4 is 0 Å². The van der Waals surface area contributed by atoms with E-state index in [1.54, 1.807) is 0 Å². The summed E-state index contributed by atoms with van der Waals surface area (Å²) in [6.45, 7) is 0. The third-order valence-electron chi connectivity index (χ3n) is 3.27. The minimum Gasteiger partial charge on any atom is -0.452 e. The van der Waals surface area contributed by atoms with Gasteiger partial charge < -0.3 is 4.42 Å². The summed E-state index contributed by atoms with van der Waals surface area (Å²) in [7, 11) is 0. The lowest BCUT2D eigenvalue weighted by Gasteiger charge is -2.00. The molecule has 0 amide bonds. The number of fused-ring (bicyclic) bond motifs is 2. The van der Waals surface area contributed by atoms with Crippen molar-refractivity contribution in [2.45, 2.75) is 0 Å². The van der Waals surface area contributed by atoms with Gasteiger partial charge in [0.15, 0.2) is 6.26 Å². The van der Waals surface area contributed by atoms with Gasteiger partial charge in [-0.1, -0.05) is 42.5 Å². The Hall–Kier alpha value is -2.61. The molecule has 4 rings (SSSR count). The van der Waals surface area contributed by atoms with E-state index in [0.29, 0.717) is 0 Å². The van der Waals surface area contributed by atoms with Crippen LogP contribution in [0.15, 0.2) is 65.1 Å². The van der Waals surface area contributed by atoms with Crippen LogP contribution in [0.4, 0.5) is 0 Å². The van der Waals surface area contributed by atoms with Gasteiger partial charge in [-0.25, -0.2) is 4.98 Å². The molecule has 19 heavy (non-hydrogen) atoms. The summed E-state index contributed by atoms with van der Waals surface area (Å²) in [4.78, 5) is 4.68. The zero-order chi connectivity index (χ0) is 12.7. The van der Waals surface area contributed by atoms with Gasteiger partial charge in [0, 0.05) is 10.8 Å². The summed E-state index contributed by atoms with van der Waals surface area (Å²) in [6, 6.07) is 20.1. The number of hydrogen-bond donors (Lipinski definition) is 0. The monoisotopic (exact) mass is 244 g/mol. The summed E-state index contributed by atoms with van der Waals surface area (Å²) in [6.07, 6.45) is 2.96. The number of pyridine rings is 1. The minimum atomic E-state index is 0.840. The SMILES string of the molecule is [c]1oc2ccccc2c1-c1ccc2ccccc2n1. The first-order valence-corrected chi connectivity index (χ1v) is 6.17. The van der Waals surface area contributed by atoms with Crippen molar-refractivity contribution in [2.24, 2.45) is 0 Å². The Morgan fingerprint density at radius 1 is 0.842 bits per heavy atom. The standard InChI is InChI=1S/C17H10NO/c1-3-7-15-12(5-1)9-10-16(18-15)14-11-19-17-8-4-2-6-13(14)17/h1-10H. The van der Waals surface area contributed by atoms with Crippen LogP contribution in [0.5, 0.6) is 0 Å². The van der Waals surface area contributed by atoms with Gasteiger partial charge in [0.25, 0.3) is 0 Å². The highest BCUT2D eigenvalue weighted by Gasteiger charge is 2.09. The Kier molecular flexibility index (Phi) is 2.15. The topological polar surface area (TPSA) is 26.0 Å². The molecule has 2 heterocycles. The average molecular weight is 244 g/mol. The first-order chi connectivity index (χ1) is 9.42. The number of benzene rings is 2. The van der Waals surface area contributed by atoms with Gasteiger partial charge in [0.1, 0.15) is 5.58 Å². The summed E-state index contributed by atoms with van der Waals surface area (Å²) in [5.41, 5.74) is 3.64. The molecule has 0 spiro atoms. The van der Waals surface area contributed by atoms with E-state index in [4.69, 9.17) is 4.42 Å². The lowest BCUT2D eigenvalue weighted by atomic mass is 10.1. The molecule has 1 radical (unpaired) electrons. The molecule has 0 aliphatic heterocycles. The number of aromatic nitrogens is 1. The van der Waals surface area contributed by atoms with Crippen molar-refractivity contribution in [2.75, 3.05) is 0 Å². The predicted octanol–water partition coefficient (Wildman–Crippen LogP) is 4.45. The zero-order valence-electron chi connectivity index (χ0n) is 10.1. The number of nitrogens with zero attached hydrogens (tertiary/aromatic N) is 1. The van der Waals surface area contributed by atoms with E-state index < -0.39 is 0 Å². The van der Waals surface area contributed by atoms with E-state index in [9.17, 15) is 0 Å². The summed E-state index contributed by atoms with van der Waals surface area (Å²) in [5, 5.41) is 2.18. The number of rotatable bonds is 1. The maximum absolute atomic E-state index is 5.45. The highest BCUT2D eigenvalue weighted by molar-refractivity contribution is 5.94. The molecule has 0 aliphatic rings. The van der Waals surface area contributed by atoms with Gasteiger partial charge in [-0.3, -0.25) is 0 Å². The van der Waals surface area contributed by atoms with Crippen molar-refractivity contribution in [3.63, 3.8) is 0 Å². The fourth-order valence-electron chi connectivity index (χ4n) is 2.32. The molecule has 2 aromatic heterocycles. The molecule has 0 unspecified atom stereocenters. The van der Waals surface area contributed by atoms with Crippen LogP contribution in [-0.4, -0.2) is 4.98 Å². The smallest absolute Gasteiger partial charge is 0.180 e. The van der Waals surface area contributed by atoms with Crippen LogP contribution in [0, 0.1) is 6.26 Å². The van der Waals surface area contributed by atoms with Crippen LogP contribution in [0.1, 0.15) is 0 Å². The summed E-state index contributed by atoms with van der Waals surface area (Å²) < 4.78 is 5.45. The van der Waals surface area contributed by atoms with Crippen LogP contribution in [0.2, 0.25) is 0 Å². The summed E-state index contributed by atoms with van der Waals surface area (Å²) >= 11 is 0. The fraction of sp³-hybridized carbons (Fsp3) is 0. The van der Waals surface area contributed by atoms with Crippen LogP contribution in [0.25, 0.3) is 33.1 Å². The Morgan fingerprint density at radius 3 is 2.68 bits per heavy atom. The lowest BCUT2D eigenvalue weighted by Crippen LogP contribution is -1.83. The van der Waals surface area contributed by atoms with E-state index in [2.05, 4.69) is 23.4 Å². The first-order valence-electron chi connectivity index (χ1n) is 6.17. The molecule has 0 bridgehead atoms. The van der Waals surface area contributed by atoms with Gasteiger partial charge >= 0.3 is 0 Å². The van der Waals surface area contributed by atoms with Crippen molar-refractivity contribution in [1.82, 2.24) is 4.98 Å². The van der Waals surface area contributed by atoms with E-state index in [1.807, 2.05) is 48.5 Å². The Balaban J connectivity index is 1.99. The molecule has 0 aliphatic carbocycles. The number of para-hydroxylation sites is 2. The second-order valence-corrected chi connectivity index (χ2v) is 4.46. The normalized spacial score (nSPS) is 11.2. The molecule has 0 N–H and O–H groups in total. The molecule has 0 saturated carbocycles. The fourth-order valence-corrected chi connectivity index (χ4v) is 2.32. The lowest BCUT2D eigenvalue weighted by molar-refractivity contribution is 0.607. The quantitative estimate of drug-likeness (QED) is 0.494. The van der Waals surface area contributed by atoms with Crippen LogP contribution in [-0.2, 0) is 0 Å². The van der Waals surface area contributed by atoms with E-state index >= 15 is 0 Å². The van der Waals surface area contributed by atoms with Crippen LogP contribution in [0.3, 0.4) is 0 Å². The minimum absolute atomic E-state index is 0.840. The van der Waals surface area contributed by atoms with Crippen molar-refractivity contribution in [1.29, 1.82) is 0 Å². The molecular formula is C17H10NO. The van der Waals surface area contributed by atoms with Gasteiger partial charge in [-0.2, -0.15) is 0 Å². The molecular weight excluding hydrogens is 234 g/mol. The molecule has 2 heteroatoms. The van der Waals surface area contributed by atoms with Crippen LogP contribution >= 0.6 is 0 Å². The van der Waals surface area contributed by atoms with Crippen molar-refractivity contribution in [3.8, 4) is 11.3 Å². The van der Waals surface area contributed by atoms with Crippen molar-refractivity contribution >= 4 is 21.9 Å². The molecule has 89 valence electrons. The van der Waals surface area contributed by atoms with Gasteiger partial charge in [0.2, 0.25) is 0 Å². The highest BCUT2D eigenvalue weighted by Crippen LogP contribution is 2.29. The zero-order valence-corrected chi connectivity index (χ0v) is 10.1. The Morgan fingerprint density at radius 2 is 1.68 bits per heavy atom. The molecule has 0 fully saturated rings. The number of furan rings is 1. The van der Waals surface area contributed by atoms with Gasteiger partial charge in [-0.15, -0.1) is 0 Å². The first kappa shape index (κ1) is 10.3. The largest absolute Gasteiger partial charge is 0.452 e. The van der Waals surface area contributed by atoms with E-state index in [1.165, 1.54) is 0 Å². The highest BCUT2D eigenvalue weighted by atomic mass is 16.3. The molecule has 0 saturated heterocycles. The van der Waals surface area contributed by atoms with Gasteiger partial charge in [0.05, 0.1) is 16.8 Å². The third-order valence-corrected chi connectivity index (χ3v) is 3.27. The molecule has 0 atom stereocenters. The molecule has 2 aromatic carbocycles. The van der Waals surface area contributed by atoms with Crippen molar-refractivity contribution in [3.05, 3.63) is 66.9 Å². The maximum atomic E-state index is 5.45. The average Bonchev–Trinajstić information content (AvgIpc) is 2.91. The summed E-state index contributed by atoms with van der Waals surface area (Å²) in [5.74, 6) is 0. The van der Waals surface area contributed by atoms with Gasteiger partial charge in [-0.05, 0) is 18.2 Å². The Bertz CT molecular complexity index is 876. The molecule has 4 aromatic rings. The van der Waals surface area contributed by atoms with E-state index in [0.717, 1.165) is 33.1 Å². The number of hydrogen-bond acceptors (Lipinski definition) is 2. The molecule has 2 nitrogen and oxygen atoms in total. The Labute approximate surface area is 110 Å². The maximum Gasteiger partial charge on any atom is 0.180 e. The second kappa shape index (κ2) is 3.95.